The van der Waals surface area contributed by atoms with E-state index < -0.39 is 6.10 Å². The molecule has 104 valence electrons. The molecule has 1 aliphatic carbocycles. The lowest BCUT2D eigenvalue weighted by Crippen LogP contribution is -2.37. The van der Waals surface area contributed by atoms with E-state index in [1.807, 2.05) is 0 Å². The number of carbonyl (C=O) groups excluding carboxylic acids is 1. The Labute approximate surface area is 110 Å². The quantitative estimate of drug-likeness (QED) is 0.676. The summed E-state index contributed by atoms with van der Waals surface area (Å²) in [5, 5.41) is 2.74. The molecular formula is C14H26N2O2. The number of rotatable bonds is 7. The number of nitrogens with one attached hydrogen (secondary N) is 1. The highest BCUT2D eigenvalue weighted by Gasteiger charge is 2.25. The second-order valence-electron chi connectivity index (χ2n) is 5.05. The lowest BCUT2D eigenvalue weighted by molar-refractivity contribution is -0.132. The van der Waals surface area contributed by atoms with E-state index in [1.54, 1.807) is 13.0 Å². The number of hydrogen-bond acceptors (Lipinski definition) is 3. The Balaban J connectivity index is 2.29. The number of amides is 1. The molecule has 18 heavy (non-hydrogen) atoms. The van der Waals surface area contributed by atoms with Gasteiger partial charge in [0.05, 0.1) is 6.61 Å². The Morgan fingerprint density at radius 1 is 1.50 bits per heavy atom. The highest BCUT2D eigenvalue weighted by atomic mass is 16.5. The first-order valence-electron chi connectivity index (χ1n) is 6.89. The van der Waals surface area contributed by atoms with Crippen LogP contribution in [0.5, 0.6) is 0 Å². The summed E-state index contributed by atoms with van der Waals surface area (Å²) in [4.78, 5) is 11.6. The lowest BCUT2D eigenvalue weighted by Gasteiger charge is -2.31. The minimum absolute atomic E-state index is 0.0741. The molecule has 0 radical (unpaired) electrons. The van der Waals surface area contributed by atoms with Crippen LogP contribution in [0, 0.1) is 11.8 Å². The monoisotopic (exact) mass is 254 g/mol. The van der Waals surface area contributed by atoms with Gasteiger partial charge in [-0.3, -0.25) is 4.79 Å². The van der Waals surface area contributed by atoms with Gasteiger partial charge in [-0.1, -0.05) is 18.9 Å². The molecule has 0 spiro atoms. The fraction of sp³-hybridized carbons (Fsp3) is 0.786. The van der Waals surface area contributed by atoms with Gasteiger partial charge in [-0.2, -0.15) is 0 Å². The molecule has 0 bridgehead atoms. The van der Waals surface area contributed by atoms with Crippen LogP contribution in [0.15, 0.2) is 12.7 Å². The van der Waals surface area contributed by atoms with Crippen molar-refractivity contribution in [3.8, 4) is 0 Å². The topological polar surface area (TPSA) is 64.3 Å². The first kappa shape index (κ1) is 15.2. The summed E-state index contributed by atoms with van der Waals surface area (Å²) < 4.78 is 5.67. The van der Waals surface area contributed by atoms with Gasteiger partial charge in [0.1, 0.15) is 6.10 Å². The molecule has 0 aromatic rings. The maximum atomic E-state index is 11.6. The van der Waals surface area contributed by atoms with Crippen LogP contribution < -0.4 is 11.1 Å². The van der Waals surface area contributed by atoms with Crippen molar-refractivity contribution in [1.29, 1.82) is 0 Å². The van der Waals surface area contributed by atoms with Crippen molar-refractivity contribution in [2.45, 2.75) is 38.7 Å². The van der Waals surface area contributed by atoms with Gasteiger partial charge in [-0.25, -0.2) is 0 Å². The van der Waals surface area contributed by atoms with E-state index in [2.05, 4.69) is 11.9 Å². The van der Waals surface area contributed by atoms with Crippen molar-refractivity contribution in [2.75, 3.05) is 19.7 Å². The van der Waals surface area contributed by atoms with E-state index in [0.717, 1.165) is 6.54 Å². The van der Waals surface area contributed by atoms with Gasteiger partial charge in [0.15, 0.2) is 0 Å². The van der Waals surface area contributed by atoms with Gasteiger partial charge in [0.25, 0.3) is 0 Å². The first-order valence-corrected chi connectivity index (χ1v) is 6.89. The van der Waals surface area contributed by atoms with Crippen molar-refractivity contribution in [3.63, 3.8) is 0 Å². The van der Waals surface area contributed by atoms with Crippen LogP contribution in [0.2, 0.25) is 0 Å². The van der Waals surface area contributed by atoms with E-state index in [0.29, 0.717) is 25.0 Å². The number of ether oxygens (including phenoxy) is 1. The predicted molar refractivity (Wildman–Crippen MR) is 73.1 cm³/mol. The summed E-state index contributed by atoms with van der Waals surface area (Å²) in [5.41, 5.74) is 5.78. The molecular weight excluding hydrogens is 228 g/mol. The molecule has 1 fully saturated rings. The SMILES string of the molecule is C=CCNC(=O)C(C)OCC1CCCCC1CN. The third-order valence-electron chi connectivity index (χ3n) is 3.72. The van der Waals surface area contributed by atoms with E-state index in [9.17, 15) is 4.79 Å². The molecule has 3 atom stereocenters. The maximum absolute atomic E-state index is 11.6. The largest absolute Gasteiger partial charge is 0.368 e. The van der Waals surface area contributed by atoms with Crippen molar-refractivity contribution in [1.82, 2.24) is 5.32 Å². The Morgan fingerprint density at radius 3 is 2.78 bits per heavy atom. The number of nitrogens with two attached hydrogens (primary N) is 1. The Kier molecular flexibility index (Phi) is 6.98. The average molecular weight is 254 g/mol. The summed E-state index contributed by atoms with van der Waals surface area (Å²) in [7, 11) is 0. The van der Waals surface area contributed by atoms with E-state index in [4.69, 9.17) is 10.5 Å². The highest BCUT2D eigenvalue weighted by Crippen LogP contribution is 2.29. The third-order valence-corrected chi connectivity index (χ3v) is 3.72. The highest BCUT2D eigenvalue weighted by molar-refractivity contribution is 5.80. The van der Waals surface area contributed by atoms with Crippen LogP contribution in [0.4, 0.5) is 0 Å². The van der Waals surface area contributed by atoms with Crippen molar-refractivity contribution >= 4 is 5.91 Å². The summed E-state index contributed by atoms with van der Waals surface area (Å²) in [5.74, 6) is 0.996. The predicted octanol–water partition coefficient (Wildman–Crippen LogP) is 1.46. The molecule has 4 heteroatoms. The molecule has 0 aromatic heterocycles. The van der Waals surface area contributed by atoms with Crippen LogP contribution in [0.3, 0.4) is 0 Å². The molecule has 3 N–H and O–H groups in total. The standard InChI is InChI=1S/C14H26N2O2/c1-3-8-16-14(17)11(2)18-10-13-7-5-4-6-12(13)9-15/h3,11-13H,1,4-10,15H2,2H3,(H,16,17). The minimum atomic E-state index is -0.398. The lowest BCUT2D eigenvalue weighted by atomic mass is 9.80. The molecule has 0 aliphatic heterocycles. The van der Waals surface area contributed by atoms with Gasteiger partial charge in [-0.15, -0.1) is 6.58 Å². The molecule has 1 aliphatic rings. The van der Waals surface area contributed by atoms with Crippen molar-refractivity contribution < 1.29 is 9.53 Å². The molecule has 0 heterocycles. The van der Waals surface area contributed by atoms with Crippen LogP contribution in [0.1, 0.15) is 32.6 Å². The summed E-state index contributed by atoms with van der Waals surface area (Å²) in [6, 6.07) is 0. The molecule has 1 saturated carbocycles. The van der Waals surface area contributed by atoms with E-state index in [-0.39, 0.29) is 5.91 Å². The van der Waals surface area contributed by atoms with Crippen molar-refractivity contribution in [2.24, 2.45) is 17.6 Å². The molecule has 1 rings (SSSR count). The molecule has 0 saturated heterocycles. The van der Waals surface area contributed by atoms with Crippen LogP contribution in [-0.4, -0.2) is 31.7 Å². The van der Waals surface area contributed by atoms with Crippen LogP contribution >= 0.6 is 0 Å². The molecule has 4 nitrogen and oxygen atoms in total. The summed E-state index contributed by atoms with van der Waals surface area (Å²) >= 11 is 0. The van der Waals surface area contributed by atoms with Gasteiger partial charge in [-0.05, 0) is 38.1 Å². The fourth-order valence-electron chi connectivity index (χ4n) is 2.47. The zero-order chi connectivity index (χ0) is 13.4. The molecule has 0 aromatic carbocycles. The second kappa shape index (κ2) is 8.27. The Morgan fingerprint density at radius 2 is 2.17 bits per heavy atom. The van der Waals surface area contributed by atoms with Gasteiger partial charge in [0.2, 0.25) is 5.91 Å². The van der Waals surface area contributed by atoms with Gasteiger partial charge < -0.3 is 15.8 Å². The van der Waals surface area contributed by atoms with Crippen LogP contribution in [-0.2, 0) is 9.53 Å². The summed E-state index contributed by atoms with van der Waals surface area (Å²) in [6.07, 6.45) is 6.15. The second-order valence-corrected chi connectivity index (χ2v) is 5.05. The fourth-order valence-corrected chi connectivity index (χ4v) is 2.47. The zero-order valence-corrected chi connectivity index (χ0v) is 11.4. The van der Waals surface area contributed by atoms with Gasteiger partial charge >= 0.3 is 0 Å². The normalized spacial score (nSPS) is 25.4. The third kappa shape index (κ3) is 4.78. The van der Waals surface area contributed by atoms with E-state index >= 15 is 0 Å². The van der Waals surface area contributed by atoms with Gasteiger partial charge in [0, 0.05) is 6.54 Å². The Bertz CT molecular complexity index is 269. The van der Waals surface area contributed by atoms with E-state index in [1.165, 1.54) is 25.7 Å². The average Bonchev–Trinajstić information content (AvgIpc) is 2.42. The van der Waals surface area contributed by atoms with Crippen molar-refractivity contribution in [3.05, 3.63) is 12.7 Å². The minimum Gasteiger partial charge on any atom is -0.368 e. The first-order chi connectivity index (χ1) is 8.69. The molecule has 1 amide bonds. The smallest absolute Gasteiger partial charge is 0.249 e. The maximum Gasteiger partial charge on any atom is 0.249 e. The Hall–Kier alpha value is -0.870. The zero-order valence-electron chi connectivity index (χ0n) is 11.4. The number of carbonyl (C=O) groups is 1. The molecule has 3 unspecified atom stereocenters. The summed E-state index contributed by atoms with van der Waals surface area (Å²) in [6.45, 7) is 7.21. The number of hydrogen-bond donors (Lipinski definition) is 2. The van der Waals surface area contributed by atoms with Crippen LogP contribution in [0.25, 0.3) is 0 Å².